The molecule has 2 saturated heterocycles. The Morgan fingerprint density at radius 1 is 0.771 bits per heavy atom. The fourth-order valence-corrected chi connectivity index (χ4v) is 9.83. The maximum absolute atomic E-state index is 14.7. The largest absolute Gasteiger partial charge is 0.459 e. The molecule has 1 aromatic rings. The number of hydrogen-bond acceptors (Lipinski definition) is 4. The molecule has 0 radical (unpaired) electrons. The number of benzene rings is 1. The van der Waals surface area contributed by atoms with Gasteiger partial charge in [0.15, 0.2) is 0 Å². The van der Waals surface area contributed by atoms with Crippen LogP contribution < -0.4 is 0 Å². The van der Waals surface area contributed by atoms with Crippen molar-refractivity contribution in [3.05, 3.63) is 35.9 Å². The van der Waals surface area contributed by atoms with E-state index in [1.54, 1.807) is 0 Å². The van der Waals surface area contributed by atoms with Crippen LogP contribution in [0.3, 0.4) is 0 Å². The molecular formula is C30H45NO4. The van der Waals surface area contributed by atoms with Crippen molar-refractivity contribution in [1.29, 1.82) is 0 Å². The van der Waals surface area contributed by atoms with Gasteiger partial charge in [0.2, 0.25) is 0 Å². The third-order valence-corrected chi connectivity index (χ3v) is 9.28. The molecule has 2 heterocycles. The van der Waals surface area contributed by atoms with Crippen LogP contribution in [0.1, 0.15) is 94.7 Å². The summed E-state index contributed by atoms with van der Waals surface area (Å²) in [5, 5.41) is 0. The minimum absolute atomic E-state index is 0.199. The summed E-state index contributed by atoms with van der Waals surface area (Å²) in [5.41, 5.74) is -3.07. The molecule has 1 amide bonds. The SMILES string of the molecule is COC(=O)N1C(c2ccccc2)C2(C(=O)OC(C)(C)C)C3(C(C)(C)C)C1(C(C)(C)C)C23C(C)(C)C. The molecule has 4 fully saturated rings. The lowest BCUT2D eigenvalue weighted by Crippen LogP contribution is -2.57. The number of rotatable bonds is 2. The van der Waals surface area contributed by atoms with E-state index >= 15 is 0 Å². The highest BCUT2D eigenvalue weighted by Gasteiger charge is 3.25. The Morgan fingerprint density at radius 3 is 1.57 bits per heavy atom. The first-order valence-electron chi connectivity index (χ1n) is 12.9. The van der Waals surface area contributed by atoms with Gasteiger partial charge in [0.1, 0.15) is 11.0 Å². The zero-order valence-electron chi connectivity index (χ0n) is 24.0. The molecule has 2 aliphatic heterocycles. The molecule has 0 aromatic heterocycles. The number of carbonyl (C=O) groups excluding carboxylic acids is 2. The van der Waals surface area contributed by atoms with Gasteiger partial charge in [-0.25, -0.2) is 4.79 Å². The maximum atomic E-state index is 14.7. The Balaban J connectivity index is 2.20. The van der Waals surface area contributed by atoms with Gasteiger partial charge < -0.3 is 9.47 Å². The summed E-state index contributed by atoms with van der Waals surface area (Å²) in [7, 11) is 1.44. The number of hydrogen-bond donors (Lipinski definition) is 0. The van der Waals surface area contributed by atoms with Crippen molar-refractivity contribution in [2.45, 2.75) is 100 Å². The zero-order chi connectivity index (χ0) is 26.8. The van der Waals surface area contributed by atoms with E-state index in [0.29, 0.717) is 0 Å². The number of ether oxygens (including phenoxy) is 2. The lowest BCUT2D eigenvalue weighted by atomic mass is 9.56. The lowest BCUT2D eigenvalue weighted by Gasteiger charge is -2.49. The first-order valence-corrected chi connectivity index (χ1v) is 12.9. The van der Waals surface area contributed by atoms with Crippen molar-refractivity contribution in [2.24, 2.45) is 32.5 Å². The molecule has 2 saturated carbocycles. The highest BCUT2D eigenvalue weighted by molar-refractivity contribution is 6.00. The molecule has 4 aliphatic rings. The van der Waals surface area contributed by atoms with Crippen LogP contribution >= 0.6 is 0 Å². The third kappa shape index (κ3) is 2.33. The summed E-state index contributed by atoms with van der Waals surface area (Å²) in [5.74, 6) is -0.199. The van der Waals surface area contributed by atoms with Crippen molar-refractivity contribution in [3.63, 3.8) is 0 Å². The second kappa shape index (κ2) is 6.63. The first kappa shape index (κ1) is 26.0. The highest BCUT2D eigenvalue weighted by atomic mass is 16.6. The number of carbonyl (C=O) groups is 2. The van der Waals surface area contributed by atoms with Crippen LogP contribution in [-0.4, -0.2) is 35.2 Å². The van der Waals surface area contributed by atoms with Crippen LogP contribution in [-0.2, 0) is 14.3 Å². The first-order chi connectivity index (χ1) is 15.7. The Bertz CT molecular complexity index is 1030. The quantitative estimate of drug-likeness (QED) is 0.424. The molecule has 3 atom stereocenters. The van der Waals surface area contributed by atoms with E-state index in [1.807, 2.05) is 56.0 Å². The van der Waals surface area contributed by atoms with E-state index < -0.39 is 33.4 Å². The van der Waals surface area contributed by atoms with Crippen molar-refractivity contribution in [1.82, 2.24) is 4.90 Å². The number of esters is 1. The van der Waals surface area contributed by atoms with Gasteiger partial charge in [0.05, 0.1) is 18.7 Å². The van der Waals surface area contributed by atoms with E-state index in [4.69, 9.17) is 9.47 Å². The number of amides is 1. The van der Waals surface area contributed by atoms with Crippen molar-refractivity contribution in [3.8, 4) is 0 Å². The molecule has 0 N–H and O–H groups in total. The molecule has 3 unspecified atom stereocenters. The van der Waals surface area contributed by atoms with Gasteiger partial charge in [-0.1, -0.05) is 92.6 Å². The van der Waals surface area contributed by atoms with E-state index in [0.717, 1.165) is 5.56 Å². The minimum Gasteiger partial charge on any atom is -0.459 e. The van der Waals surface area contributed by atoms with Crippen LogP contribution in [0.15, 0.2) is 30.3 Å². The fourth-order valence-electron chi connectivity index (χ4n) is 9.83. The smallest absolute Gasteiger partial charge is 0.410 e. The second-order valence-electron chi connectivity index (χ2n) is 14.9. The minimum atomic E-state index is -0.896. The summed E-state index contributed by atoms with van der Waals surface area (Å²) in [6.07, 6.45) is -0.378. The Kier molecular flexibility index (Phi) is 4.93. The molecule has 1 aromatic carbocycles. The Hall–Kier alpha value is -2.04. The average molecular weight is 484 g/mol. The number of nitrogens with zero attached hydrogens (tertiary/aromatic N) is 1. The van der Waals surface area contributed by atoms with Crippen LogP contribution in [0.25, 0.3) is 0 Å². The highest BCUT2D eigenvalue weighted by Crippen LogP contribution is 3.18. The molecular weight excluding hydrogens is 438 g/mol. The standard InChI is InChI=1S/C30H45NO4/c1-23(2,3)28-27(21(32)35-26(10,11)12)20(19-17-15-14-16-18-19)31(22(33)34-13)30(28,25(7,8)9)29(27,28)24(4,5)6/h14-18,20H,1-13H3. The normalized spacial score (nSPS) is 35.9. The molecule has 5 nitrogen and oxygen atoms in total. The fraction of sp³-hybridized carbons (Fsp3) is 0.733. The molecule has 5 heteroatoms. The van der Waals surface area contributed by atoms with Gasteiger partial charge >= 0.3 is 12.1 Å². The number of fused-ring (bicyclic) bond motifs is 1. The molecule has 0 spiro atoms. The van der Waals surface area contributed by atoms with Gasteiger partial charge in [0, 0.05) is 10.8 Å². The summed E-state index contributed by atoms with van der Waals surface area (Å²) in [4.78, 5) is 30.5. The van der Waals surface area contributed by atoms with Crippen molar-refractivity contribution >= 4 is 12.1 Å². The Labute approximate surface area is 211 Å². The van der Waals surface area contributed by atoms with Gasteiger partial charge in [-0.2, -0.15) is 0 Å². The number of piperidine rings is 1. The topological polar surface area (TPSA) is 55.8 Å². The average Bonchev–Trinajstić information content (AvgIpc) is 3.42. The molecule has 194 valence electrons. The predicted molar refractivity (Wildman–Crippen MR) is 138 cm³/mol. The van der Waals surface area contributed by atoms with Crippen LogP contribution in [0, 0.1) is 32.5 Å². The molecule has 5 rings (SSSR count). The van der Waals surface area contributed by atoms with Crippen LogP contribution in [0.5, 0.6) is 0 Å². The summed E-state index contributed by atoms with van der Waals surface area (Å²) >= 11 is 0. The number of methoxy groups -OCH3 is 1. The van der Waals surface area contributed by atoms with Gasteiger partial charge in [-0.05, 0) is 42.6 Å². The van der Waals surface area contributed by atoms with Crippen LogP contribution in [0.2, 0.25) is 0 Å². The van der Waals surface area contributed by atoms with Crippen molar-refractivity contribution in [2.75, 3.05) is 7.11 Å². The summed E-state index contributed by atoms with van der Waals surface area (Å²) in [6.45, 7) is 25.8. The Morgan fingerprint density at radius 2 is 1.23 bits per heavy atom. The predicted octanol–water partition coefficient (Wildman–Crippen LogP) is 7.01. The van der Waals surface area contributed by atoms with Crippen molar-refractivity contribution < 1.29 is 19.1 Å². The summed E-state index contributed by atoms with van der Waals surface area (Å²) in [6, 6.07) is 9.53. The van der Waals surface area contributed by atoms with E-state index in [1.165, 1.54) is 7.11 Å². The molecule has 35 heavy (non-hydrogen) atoms. The van der Waals surface area contributed by atoms with Crippen LogP contribution in [0.4, 0.5) is 4.79 Å². The zero-order valence-corrected chi connectivity index (χ0v) is 24.0. The lowest BCUT2D eigenvalue weighted by molar-refractivity contribution is -0.171. The molecule has 2 aliphatic carbocycles. The van der Waals surface area contributed by atoms with E-state index in [-0.39, 0.29) is 28.3 Å². The van der Waals surface area contributed by atoms with Gasteiger partial charge in [0.25, 0.3) is 0 Å². The van der Waals surface area contributed by atoms with Gasteiger partial charge in [-0.15, -0.1) is 0 Å². The monoisotopic (exact) mass is 483 g/mol. The molecule has 2 bridgehead atoms. The van der Waals surface area contributed by atoms with E-state index in [2.05, 4.69) is 62.3 Å². The third-order valence-electron chi connectivity index (χ3n) is 9.28. The van der Waals surface area contributed by atoms with Gasteiger partial charge in [-0.3, -0.25) is 9.69 Å². The van der Waals surface area contributed by atoms with E-state index in [9.17, 15) is 9.59 Å². The summed E-state index contributed by atoms with van der Waals surface area (Å²) < 4.78 is 11.8. The maximum Gasteiger partial charge on any atom is 0.410 e. The second-order valence-corrected chi connectivity index (χ2v) is 14.9.